The number of ether oxygens (including phenoxy) is 2. The Balaban J connectivity index is 1.62. The van der Waals surface area contributed by atoms with Crippen LogP contribution >= 0.6 is 0 Å². The fourth-order valence-electron chi connectivity index (χ4n) is 5.40. The zero-order chi connectivity index (χ0) is 23.3. The molecule has 33 heavy (non-hydrogen) atoms. The highest BCUT2D eigenvalue weighted by atomic mass is 16.6. The first-order valence-corrected chi connectivity index (χ1v) is 11.7. The normalized spacial score (nSPS) is 22.9. The maximum atomic E-state index is 13.9. The molecule has 5 rings (SSSR count). The minimum atomic E-state index is -0.287. The van der Waals surface area contributed by atoms with Crippen molar-refractivity contribution in [2.24, 2.45) is 11.8 Å². The number of piperidine rings is 1. The van der Waals surface area contributed by atoms with E-state index in [9.17, 15) is 9.59 Å². The molecule has 2 aromatic rings. The highest BCUT2D eigenvalue weighted by molar-refractivity contribution is 6.45. The molecule has 1 fully saturated rings. The average molecular weight is 447 g/mol. The Kier molecular flexibility index (Phi) is 5.39. The number of carbonyl (C=O) groups excluding carboxylic acids is 2. The van der Waals surface area contributed by atoms with Gasteiger partial charge in [-0.1, -0.05) is 37.6 Å². The van der Waals surface area contributed by atoms with E-state index in [2.05, 4.69) is 24.8 Å². The van der Waals surface area contributed by atoms with E-state index in [1.807, 2.05) is 26.0 Å². The fourth-order valence-corrected chi connectivity index (χ4v) is 5.40. The van der Waals surface area contributed by atoms with Crippen molar-refractivity contribution >= 4 is 23.1 Å². The third-order valence-corrected chi connectivity index (χ3v) is 6.68. The molecule has 2 atom stereocenters. The number of hydrogen-bond donors (Lipinski definition) is 0. The molecule has 2 unspecified atom stereocenters. The summed E-state index contributed by atoms with van der Waals surface area (Å²) in [5.41, 5.74) is 4.45. The van der Waals surface area contributed by atoms with Crippen LogP contribution in [0.2, 0.25) is 0 Å². The van der Waals surface area contributed by atoms with Crippen molar-refractivity contribution in [3.05, 3.63) is 58.8 Å². The summed E-state index contributed by atoms with van der Waals surface area (Å²) in [7, 11) is 0. The molecule has 0 aliphatic carbocycles. The zero-order valence-corrected chi connectivity index (χ0v) is 19.7. The number of hydrogen-bond acceptors (Lipinski definition) is 5. The van der Waals surface area contributed by atoms with Crippen LogP contribution in [0.25, 0.3) is 5.57 Å². The number of nitrogens with zero attached hydrogens (tertiary/aromatic N) is 2. The van der Waals surface area contributed by atoms with Crippen LogP contribution < -0.4 is 14.4 Å². The first-order chi connectivity index (χ1) is 15.8. The smallest absolute Gasteiger partial charge is 0.282 e. The molecule has 6 nitrogen and oxygen atoms in total. The van der Waals surface area contributed by atoms with E-state index in [0.29, 0.717) is 53.5 Å². The summed E-state index contributed by atoms with van der Waals surface area (Å²) in [6.07, 6.45) is 1.12. The fraction of sp³-hybridized carbons (Fsp3) is 0.407. The second-order valence-corrected chi connectivity index (χ2v) is 9.67. The van der Waals surface area contributed by atoms with Gasteiger partial charge in [0.05, 0.1) is 11.3 Å². The van der Waals surface area contributed by atoms with Crippen LogP contribution in [-0.4, -0.2) is 43.0 Å². The molecule has 0 radical (unpaired) electrons. The van der Waals surface area contributed by atoms with Gasteiger partial charge in [0.15, 0.2) is 11.5 Å². The highest BCUT2D eigenvalue weighted by Gasteiger charge is 2.44. The quantitative estimate of drug-likeness (QED) is 0.657. The van der Waals surface area contributed by atoms with E-state index in [-0.39, 0.29) is 11.8 Å². The van der Waals surface area contributed by atoms with E-state index >= 15 is 0 Å². The Morgan fingerprint density at radius 3 is 2.24 bits per heavy atom. The number of likely N-dealkylation sites (tertiary alicyclic amines) is 1. The molecule has 3 heterocycles. The molecule has 0 aromatic heterocycles. The topological polar surface area (TPSA) is 59.1 Å². The Morgan fingerprint density at radius 1 is 0.848 bits per heavy atom. The lowest BCUT2D eigenvalue weighted by Crippen LogP contribution is -2.42. The SMILES string of the molecule is Cc1ccc(C2=C(N3CC(C)CC(C)C3)C(=O)N(c3ccc4c(c3)OCCO4)C2=O)c(C)c1. The van der Waals surface area contributed by atoms with Crippen LogP contribution in [0.5, 0.6) is 11.5 Å². The highest BCUT2D eigenvalue weighted by Crippen LogP contribution is 2.41. The molecule has 3 aliphatic rings. The van der Waals surface area contributed by atoms with Crippen molar-refractivity contribution in [2.75, 3.05) is 31.2 Å². The van der Waals surface area contributed by atoms with Gasteiger partial charge in [-0.25, -0.2) is 4.90 Å². The number of anilines is 1. The third kappa shape index (κ3) is 3.77. The molecule has 3 aliphatic heterocycles. The lowest BCUT2D eigenvalue weighted by atomic mass is 9.90. The van der Waals surface area contributed by atoms with Crippen LogP contribution in [0.15, 0.2) is 42.1 Å². The third-order valence-electron chi connectivity index (χ3n) is 6.68. The zero-order valence-electron chi connectivity index (χ0n) is 19.7. The first-order valence-electron chi connectivity index (χ1n) is 11.7. The summed E-state index contributed by atoms with van der Waals surface area (Å²) in [6, 6.07) is 11.3. The van der Waals surface area contributed by atoms with E-state index < -0.39 is 0 Å². The van der Waals surface area contributed by atoms with Crippen molar-refractivity contribution in [1.82, 2.24) is 4.90 Å². The molecule has 0 bridgehead atoms. The van der Waals surface area contributed by atoms with Gasteiger partial charge >= 0.3 is 0 Å². The summed E-state index contributed by atoms with van der Waals surface area (Å²) in [5, 5.41) is 0. The van der Waals surface area contributed by atoms with Crippen molar-refractivity contribution < 1.29 is 19.1 Å². The van der Waals surface area contributed by atoms with E-state index in [1.165, 1.54) is 4.90 Å². The van der Waals surface area contributed by atoms with Crippen LogP contribution in [0.4, 0.5) is 5.69 Å². The van der Waals surface area contributed by atoms with Crippen molar-refractivity contribution in [2.45, 2.75) is 34.1 Å². The van der Waals surface area contributed by atoms with Gasteiger partial charge in [-0.05, 0) is 55.4 Å². The maximum Gasteiger partial charge on any atom is 0.282 e. The lowest BCUT2D eigenvalue weighted by molar-refractivity contribution is -0.120. The second kappa shape index (κ2) is 8.25. The van der Waals surface area contributed by atoms with Crippen LogP contribution in [0.3, 0.4) is 0 Å². The second-order valence-electron chi connectivity index (χ2n) is 9.67. The monoisotopic (exact) mass is 446 g/mol. The van der Waals surface area contributed by atoms with E-state index in [4.69, 9.17) is 9.47 Å². The van der Waals surface area contributed by atoms with Crippen molar-refractivity contribution in [1.29, 1.82) is 0 Å². The summed E-state index contributed by atoms with van der Waals surface area (Å²) in [4.78, 5) is 31.2. The Morgan fingerprint density at radius 2 is 1.55 bits per heavy atom. The summed E-state index contributed by atoms with van der Waals surface area (Å²) in [5.74, 6) is 1.53. The van der Waals surface area contributed by atoms with Gasteiger partial charge in [-0.2, -0.15) is 0 Å². The van der Waals surface area contributed by atoms with Crippen LogP contribution in [0.1, 0.15) is 37.0 Å². The van der Waals surface area contributed by atoms with Gasteiger partial charge in [0.2, 0.25) is 0 Å². The predicted molar refractivity (Wildman–Crippen MR) is 127 cm³/mol. The first kappa shape index (κ1) is 21.6. The van der Waals surface area contributed by atoms with Gasteiger partial charge in [0.25, 0.3) is 11.8 Å². The molecule has 0 saturated carbocycles. The van der Waals surface area contributed by atoms with Gasteiger partial charge in [0.1, 0.15) is 18.9 Å². The average Bonchev–Trinajstić information content (AvgIpc) is 3.02. The van der Waals surface area contributed by atoms with Crippen LogP contribution in [-0.2, 0) is 9.59 Å². The van der Waals surface area contributed by atoms with Crippen LogP contribution in [0, 0.1) is 25.7 Å². The number of carbonyl (C=O) groups is 2. The number of aryl methyl sites for hydroxylation is 2. The van der Waals surface area contributed by atoms with E-state index in [0.717, 1.165) is 36.2 Å². The molecule has 2 aromatic carbocycles. The Labute approximate surface area is 194 Å². The molecule has 1 saturated heterocycles. The van der Waals surface area contributed by atoms with Crippen molar-refractivity contribution in [3.63, 3.8) is 0 Å². The summed E-state index contributed by atoms with van der Waals surface area (Å²) >= 11 is 0. The number of fused-ring (bicyclic) bond motifs is 1. The minimum Gasteiger partial charge on any atom is -0.486 e. The number of benzene rings is 2. The largest absolute Gasteiger partial charge is 0.486 e. The summed E-state index contributed by atoms with van der Waals surface area (Å²) < 4.78 is 11.3. The van der Waals surface area contributed by atoms with Gasteiger partial charge in [-0.15, -0.1) is 0 Å². The van der Waals surface area contributed by atoms with Crippen molar-refractivity contribution in [3.8, 4) is 11.5 Å². The minimum absolute atomic E-state index is 0.270. The molecule has 172 valence electrons. The molecule has 6 heteroatoms. The predicted octanol–water partition coefficient (Wildman–Crippen LogP) is 4.34. The molecule has 0 spiro atoms. The van der Waals surface area contributed by atoms with Gasteiger partial charge in [-0.3, -0.25) is 9.59 Å². The number of rotatable bonds is 3. The maximum absolute atomic E-state index is 13.9. The number of imide groups is 1. The van der Waals surface area contributed by atoms with Gasteiger partial charge < -0.3 is 14.4 Å². The molecule has 0 N–H and O–H groups in total. The van der Waals surface area contributed by atoms with E-state index in [1.54, 1.807) is 18.2 Å². The van der Waals surface area contributed by atoms with Gasteiger partial charge in [0, 0.05) is 19.2 Å². The lowest BCUT2D eigenvalue weighted by Gasteiger charge is -2.37. The molecular weight excluding hydrogens is 416 g/mol. The Hall–Kier alpha value is -3.28. The molecular formula is C27H30N2O4. The standard InChI is InChI=1S/C27H30N2O4/c1-16-5-7-21(19(4)12-16)24-25(28-14-17(2)11-18(3)15-28)27(31)29(26(24)30)20-6-8-22-23(13-20)33-10-9-32-22/h5-8,12-13,17-18H,9-11,14-15H2,1-4H3. The number of amides is 2. The Bertz CT molecular complexity index is 1160. The molecule has 2 amide bonds. The summed E-state index contributed by atoms with van der Waals surface area (Å²) in [6.45, 7) is 10.9.